The third-order valence-corrected chi connectivity index (χ3v) is 1.99. The highest BCUT2D eigenvalue weighted by molar-refractivity contribution is 5.47. The molecule has 0 fully saturated rings. The quantitative estimate of drug-likeness (QED) is 0.771. The van der Waals surface area contributed by atoms with E-state index < -0.39 is 0 Å². The Morgan fingerprint density at radius 2 is 2.47 bits per heavy atom. The van der Waals surface area contributed by atoms with Crippen molar-refractivity contribution in [3.05, 3.63) is 18.7 Å². The first-order chi connectivity index (χ1) is 7.31. The van der Waals surface area contributed by atoms with Crippen molar-refractivity contribution in [1.29, 1.82) is 0 Å². The van der Waals surface area contributed by atoms with Crippen LogP contribution >= 0.6 is 0 Å². The monoisotopic (exact) mass is 207 g/mol. The SMILES string of the molecule is CNCC(C)Oc1nccn2cnnc12. The number of likely N-dealkylation sites (N-methyl/N-ethyl adjacent to an activating group) is 1. The largest absolute Gasteiger partial charge is 0.471 e. The molecule has 1 N–H and O–H groups in total. The van der Waals surface area contributed by atoms with Crippen molar-refractivity contribution in [2.24, 2.45) is 0 Å². The van der Waals surface area contributed by atoms with E-state index in [0.29, 0.717) is 11.5 Å². The van der Waals surface area contributed by atoms with Crippen molar-refractivity contribution >= 4 is 5.65 Å². The maximum atomic E-state index is 5.63. The third kappa shape index (κ3) is 2.04. The molecule has 0 amide bonds. The Bertz CT molecular complexity index is 441. The molecule has 2 rings (SSSR count). The second-order valence-corrected chi connectivity index (χ2v) is 3.28. The summed E-state index contributed by atoms with van der Waals surface area (Å²) in [7, 11) is 1.88. The molecule has 0 spiro atoms. The van der Waals surface area contributed by atoms with Crippen LogP contribution in [0, 0.1) is 0 Å². The highest BCUT2D eigenvalue weighted by Gasteiger charge is 2.09. The maximum Gasteiger partial charge on any atom is 0.260 e. The van der Waals surface area contributed by atoms with Gasteiger partial charge in [0.1, 0.15) is 12.4 Å². The molecular weight excluding hydrogens is 194 g/mol. The van der Waals surface area contributed by atoms with Crippen molar-refractivity contribution < 1.29 is 4.74 Å². The first-order valence-electron chi connectivity index (χ1n) is 4.77. The van der Waals surface area contributed by atoms with Gasteiger partial charge in [-0.2, -0.15) is 0 Å². The van der Waals surface area contributed by atoms with Gasteiger partial charge < -0.3 is 10.1 Å². The summed E-state index contributed by atoms with van der Waals surface area (Å²) in [6.45, 7) is 2.73. The van der Waals surface area contributed by atoms with Crippen molar-refractivity contribution in [1.82, 2.24) is 24.9 Å². The molecule has 0 saturated carbocycles. The fourth-order valence-electron chi connectivity index (χ4n) is 1.34. The van der Waals surface area contributed by atoms with Gasteiger partial charge >= 0.3 is 0 Å². The number of aromatic nitrogens is 4. The molecule has 1 atom stereocenters. The number of fused-ring (bicyclic) bond motifs is 1. The molecule has 2 aromatic heterocycles. The average molecular weight is 207 g/mol. The first kappa shape index (κ1) is 9.85. The second-order valence-electron chi connectivity index (χ2n) is 3.28. The molecule has 15 heavy (non-hydrogen) atoms. The summed E-state index contributed by atoms with van der Waals surface area (Å²) in [5.41, 5.74) is 0.639. The van der Waals surface area contributed by atoms with Crippen molar-refractivity contribution in [3.8, 4) is 5.88 Å². The number of hydrogen-bond acceptors (Lipinski definition) is 5. The zero-order chi connectivity index (χ0) is 10.7. The van der Waals surface area contributed by atoms with Crippen LogP contribution < -0.4 is 10.1 Å². The highest BCUT2D eigenvalue weighted by atomic mass is 16.5. The minimum absolute atomic E-state index is 0.0467. The number of nitrogens with one attached hydrogen (secondary N) is 1. The zero-order valence-corrected chi connectivity index (χ0v) is 8.71. The van der Waals surface area contributed by atoms with Gasteiger partial charge in [0.2, 0.25) is 5.65 Å². The Morgan fingerprint density at radius 1 is 1.60 bits per heavy atom. The van der Waals surface area contributed by atoms with Gasteiger partial charge in [-0.15, -0.1) is 10.2 Å². The fraction of sp³-hybridized carbons (Fsp3) is 0.444. The van der Waals surface area contributed by atoms with Crippen molar-refractivity contribution in [3.63, 3.8) is 0 Å². The van der Waals surface area contributed by atoms with Gasteiger partial charge in [0.05, 0.1) is 0 Å². The molecule has 0 aliphatic rings. The van der Waals surface area contributed by atoms with E-state index >= 15 is 0 Å². The highest BCUT2D eigenvalue weighted by Crippen LogP contribution is 2.13. The maximum absolute atomic E-state index is 5.63. The fourth-order valence-corrected chi connectivity index (χ4v) is 1.34. The summed E-state index contributed by atoms with van der Waals surface area (Å²) in [6.07, 6.45) is 5.11. The molecule has 1 unspecified atom stereocenters. The van der Waals surface area contributed by atoms with E-state index in [4.69, 9.17) is 4.74 Å². The van der Waals surface area contributed by atoms with Gasteiger partial charge in [-0.1, -0.05) is 0 Å². The van der Waals surface area contributed by atoms with Gasteiger partial charge in [0.15, 0.2) is 0 Å². The lowest BCUT2D eigenvalue weighted by Gasteiger charge is -2.12. The molecule has 0 radical (unpaired) electrons. The van der Waals surface area contributed by atoms with E-state index in [2.05, 4.69) is 20.5 Å². The minimum Gasteiger partial charge on any atom is -0.471 e. The molecule has 6 heteroatoms. The lowest BCUT2D eigenvalue weighted by Crippen LogP contribution is -2.26. The lowest BCUT2D eigenvalue weighted by molar-refractivity contribution is 0.213. The van der Waals surface area contributed by atoms with E-state index in [1.165, 1.54) is 0 Å². The first-order valence-corrected chi connectivity index (χ1v) is 4.77. The Labute approximate surface area is 87.3 Å². The summed E-state index contributed by atoms with van der Waals surface area (Å²) in [4.78, 5) is 4.13. The summed E-state index contributed by atoms with van der Waals surface area (Å²) in [6, 6.07) is 0. The minimum atomic E-state index is 0.0467. The van der Waals surface area contributed by atoms with Crippen LogP contribution in [0.4, 0.5) is 0 Å². The molecular formula is C9H13N5O. The predicted molar refractivity (Wildman–Crippen MR) is 54.8 cm³/mol. The standard InChI is InChI=1S/C9H13N5O/c1-7(5-10-2)15-9-8-13-12-6-14(8)4-3-11-9/h3-4,6-7,10H,5H2,1-2H3. The summed E-state index contributed by atoms with van der Waals surface area (Å²) < 4.78 is 7.40. The second kappa shape index (κ2) is 4.22. The molecule has 2 heterocycles. The number of ether oxygens (including phenoxy) is 1. The van der Waals surface area contributed by atoms with Gasteiger partial charge in [-0.05, 0) is 14.0 Å². The summed E-state index contributed by atoms with van der Waals surface area (Å²) in [5, 5.41) is 10.8. The van der Waals surface area contributed by atoms with Gasteiger partial charge in [-0.3, -0.25) is 4.40 Å². The molecule has 0 saturated heterocycles. The van der Waals surface area contributed by atoms with Crippen LogP contribution in [0.3, 0.4) is 0 Å². The molecule has 6 nitrogen and oxygen atoms in total. The van der Waals surface area contributed by atoms with Crippen LogP contribution in [0.15, 0.2) is 18.7 Å². The lowest BCUT2D eigenvalue weighted by atomic mass is 10.4. The Kier molecular flexibility index (Phi) is 2.77. The van der Waals surface area contributed by atoms with Crippen LogP contribution in [0.5, 0.6) is 5.88 Å². The van der Waals surface area contributed by atoms with E-state index in [9.17, 15) is 0 Å². The number of nitrogens with zero attached hydrogens (tertiary/aromatic N) is 4. The number of hydrogen-bond donors (Lipinski definition) is 1. The Balaban J connectivity index is 2.23. The van der Waals surface area contributed by atoms with Crippen LogP contribution in [0.2, 0.25) is 0 Å². The van der Waals surface area contributed by atoms with Gasteiger partial charge in [0, 0.05) is 18.9 Å². The summed E-state index contributed by atoms with van der Waals surface area (Å²) >= 11 is 0. The Hall–Kier alpha value is -1.69. The van der Waals surface area contributed by atoms with Gasteiger partial charge in [0.25, 0.3) is 5.88 Å². The van der Waals surface area contributed by atoms with E-state index in [1.807, 2.05) is 14.0 Å². The van der Waals surface area contributed by atoms with E-state index in [1.54, 1.807) is 23.1 Å². The van der Waals surface area contributed by atoms with Gasteiger partial charge in [-0.25, -0.2) is 4.98 Å². The molecule has 2 aromatic rings. The molecule has 80 valence electrons. The van der Waals surface area contributed by atoms with Crippen LogP contribution in [-0.2, 0) is 0 Å². The molecule has 0 aliphatic heterocycles. The molecule has 0 bridgehead atoms. The zero-order valence-electron chi connectivity index (χ0n) is 8.71. The van der Waals surface area contributed by atoms with E-state index in [-0.39, 0.29) is 6.10 Å². The van der Waals surface area contributed by atoms with Crippen molar-refractivity contribution in [2.45, 2.75) is 13.0 Å². The van der Waals surface area contributed by atoms with Crippen LogP contribution in [0.25, 0.3) is 5.65 Å². The predicted octanol–water partition coefficient (Wildman–Crippen LogP) is 0.111. The third-order valence-electron chi connectivity index (χ3n) is 1.99. The topological polar surface area (TPSA) is 64.3 Å². The molecule has 0 aromatic carbocycles. The Morgan fingerprint density at radius 3 is 3.27 bits per heavy atom. The van der Waals surface area contributed by atoms with E-state index in [0.717, 1.165) is 6.54 Å². The molecule has 0 aliphatic carbocycles. The average Bonchev–Trinajstić information content (AvgIpc) is 2.67. The number of rotatable bonds is 4. The smallest absolute Gasteiger partial charge is 0.260 e. The van der Waals surface area contributed by atoms with Crippen molar-refractivity contribution in [2.75, 3.05) is 13.6 Å². The van der Waals surface area contributed by atoms with Crippen LogP contribution in [-0.4, -0.2) is 39.3 Å². The summed E-state index contributed by atoms with van der Waals surface area (Å²) in [5.74, 6) is 0.512. The normalized spacial score (nSPS) is 12.9. The van der Waals surface area contributed by atoms with Crippen LogP contribution in [0.1, 0.15) is 6.92 Å².